The van der Waals surface area contributed by atoms with Crippen LogP contribution in [0.1, 0.15) is 5.56 Å². The van der Waals surface area contributed by atoms with Gasteiger partial charge in [-0.25, -0.2) is 9.97 Å². The second-order valence-corrected chi connectivity index (χ2v) is 6.74. The van der Waals surface area contributed by atoms with Gasteiger partial charge in [-0.1, -0.05) is 0 Å². The summed E-state index contributed by atoms with van der Waals surface area (Å²) in [5.41, 5.74) is -0.168. The van der Waals surface area contributed by atoms with Crippen molar-refractivity contribution in [2.24, 2.45) is 0 Å². The molecule has 0 aliphatic carbocycles. The van der Waals surface area contributed by atoms with Gasteiger partial charge in [-0.2, -0.15) is 13.2 Å². The van der Waals surface area contributed by atoms with Crippen molar-refractivity contribution in [3.05, 3.63) is 48.3 Å². The summed E-state index contributed by atoms with van der Waals surface area (Å²) in [6, 6.07) is 6.58. The molecule has 28 heavy (non-hydrogen) atoms. The number of thiocarbonyl (C=S) groups is 1. The van der Waals surface area contributed by atoms with Crippen LogP contribution in [0.5, 0.6) is 0 Å². The summed E-state index contributed by atoms with van der Waals surface area (Å²) in [5.74, 6) is 0.752. The van der Waals surface area contributed by atoms with Crippen molar-refractivity contribution in [2.75, 3.05) is 49.5 Å². The number of nitrogens with one attached hydrogen (secondary N) is 2. The Morgan fingerprint density at radius 2 is 1.68 bits per heavy atom. The van der Waals surface area contributed by atoms with Crippen LogP contribution in [0.4, 0.5) is 24.8 Å². The van der Waals surface area contributed by atoms with Gasteiger partial charge in [0.1, 0.15) is 0 Å². The highest BCUT2D eigenvalue weighted by molar-refractivity contribution is 7.80. The summed E-state index contributed by atoms with van der Waals surface area (Å²) in [7, 11) is 0. The quantitative estimate of drug-likeness (QED) is 0.735. The fraction of sp³-hybridized carbons (Fsp3) is 0.389. The number of benzene rings is 1. The number of halogens is 3. The molecule has 1 fully saturated rings. The molecule has 1 saturated heterocycles. The smallest absolute Gasteiger partial charge is 0.361 e. The summed E-state index contributed by atoms with van der Waals surface area (Å²) in [6.45, 7) is 4.99. The first-order valence-electron chi connectivity index (χ1n) is 8.88. The average molecular weight is 410 g/mol. The Bertz CT molecular complexity index is 761. The van der Waals surface area contributed by atoms with E-state index in [1.165, 1.54) is 12.1 Å². The first kappa shape index (κ1) is 20.3. The normalized spacial score (nSPS) is 15.3. The molecular weight excluding hydrogens is 389 g/mol. The molecule has 0 radical (unpaired) electrons. The maximum atomic E-state index is 12.6. The van der Waals surface area contributed by atoms with Crippen LogP contribution >= 0.6 is 12.2 Å². The van der Waals surface area contributed by atoms with E-state index in [0.717, 1.165) is 50.8 Å². The van der Waals surface area contributed by atoms with Gasteiger partial charge in [0.05, 0.1) is 5.56 Å². The Hall–Kier alpha value is -2.46. The van der Waals surface area contributed by atoms with Crippen molar-refractivity contribution in [2.45, 2.75) is 6.18 Å². The molecule has 10 heteroatoms. The zero-order chi connectivity index (χ0) is 20.0. The van der Waals surface area contributed by atoms with E-state index in [1.54, 1.807) is 18.5 Å². The van der Waals surface area contributed by atoms with Crippen molar-refractivity contribution in [1.82, 2.24) is 20.2 Å². The number of alkyl halides is 3. The van der Waals surface area contributed by atoms with Gasteiger partial charge in [0, 0.05) is 57.3 Å². The number of rotatable bonds is 5. The number of aromatic nitrogens is 2. The third kappa shape index (κ3) is 5.77. The van der Waals surface area contributed by atoms with Crippen LogP contribution in [0, 0.1) is 0 Å². The summed E-state index contributed by atoms with van der Waals surface area (Å²) in [5, 5.41) is 6.37. The molecule has 1 aliphatic rings. The SMILES string of the molecule is FC(F)(F)c1ccc(NC(=S)NCCN2CCN(c3ncccn3)CC2)cc1. The number of hydrogen-bond donors (Lipinski definition) is 2. The molecule has 2 N–H and O–H groups in total. The molecule has 0 atom stereocenters. The molecular formula is C18H21F3N6S. The van der Waals surface area contributed by atoms with Crippen molar-refractivity contribution >= 4 is 29.0 Å². The molecule has 1 aromatic carbocycles. The van der Waals surface area contributed by atoms with Crippen LogP contribution in [0.25, 0.3) is 0 Å². The van der Waals surface area contributed by atoms with E-state index in [2.05, 4.69) is 30.4 Å². The third-order valence-electron chi connectivity index (χ3n) is 4.39. The molecule has 2 aromatic rings. The first-order chi connectivity index (χ1) is 13.4. The van der Waals surface area contributed by atoms with Gasteiger partial charge in [-0.3, -0.25) is 4.90 Å². The van der Waals surface area contributed by atoms with Gasteiger partial charge >= 0.3 is 6.18 Å². The molecule has 2 heterocycles. The molecule has 0 amide bonds. The third-order valence-corrected chi connectivity index (χ3v) is 4.64. The highest BCUT2D eigenvalue weighted by Gasteiger charge is 2.29. The summed E-state index contributed by atoms with van der Waals surface area (Å²) >= 11 is 5.20. The van der Waals surface area contributed by atoms with Gasteiger partial charge < -0.3 is 15.5 Å². The molecule has 3 rings (SSSR count). The van der Waals surface area contributed by atoms with E-state index >= 15 is 0 Å². The Labute approximate surface area is 166 Å². The molecule has 0 unspecified atom stereocenters. The zero-order valence-corrected chi connectivity index (χ0v) is 15.9. The summed E-state index contributed by atoms with van der Waals surface area (Å²) in [4.78, 5) is 13.0. The Balaban J connectivity index is 1.36. The predicted octanol–water partition coefficient (Wildman–Crippen LogP) is 2.60. The van der Waals surface area contributed by atoms with E-state index < -0.39 is 11.7 Å². The molecule has 1 aromatic heterocycles. The van der Waals surface area contributed by atoms with Crippen LogP contribution < -0.4 is 15.5 Å². The molecule has 0 spiro atoms. The maximum Gasteiger partial charge on any atom is 0.416 e. The fourth-order valence-corrected chi connectivity index (χ4v) is 3.09. The van der Waals surface area contributed by atoms with Crippen LogP contribution in [-0.2, 0) is 6.18 Å². The standard InChI is InChI=1S/C18H21F3N6S/c19-18(20,21)14-2-4-15(5-3-14)25-17(28)24-8-9-26-10-12-27(13-11-26)16-22-6-1-7-23-16/h1-7H,8-13H2,(H2,24,25,28). The highest BCUT2D eigenvalue weighted by atomic mass is 32.1. The van der Waals surface area contributed by atoms with Crippen molar-refractivity contribution in [3.63, 3.8) is 0 Å². The lowest BCUT2D eigenvalue weighted by Gasteiger charge is -2.34. The number of piperazine rings is 1. The second kappa shape index (κ2) is 9.16. The number of anilines is 2. The van der Waals surface area contributed by atoms with Gasteiger partial charge in [0.2, 0.25) is 5.95 Å². The topological polar surface area (TPSA) is 56.3 Å². The molecule has 0 bridgehead atoms. The van der Waals surface area contributed by atoms with Gasteiger partial charge in [-0.05, 0) is 42.5 Å². The minimum Gasteiger partial charge on any atom is -0.361 e. The van der Waals surface area contributed by atoms with Crippen molar-refractivity contribution < 1.29 is 13.2 Å². The second-order valence-electron chi connectivity index (χ2n) is 6.33. The Morgan fingerprint density at radius 3 is 2.29 bits per heavy atom. The molecule has 1 aliphatic heterocycles. The summed E-state index contributed by atoms with van der Waals surface area (Å²) in [6.07, 6.45) is -0.861. The minimum absolute atomic E-state index is 0.385. The van der Waals surface area contributed by atoms with Crippen LogP contribution in [0.15, 0.2) is 42.7 Å². The van der Waals surface area contributed by atoms with Crippen molar-refractivity contribution in [1.29, 1.82) is 0 Å². The lowest BCUT2D eigenvalue weighted by atomic mass is 10.2. The van der Waals surface area contributed by atoms with E-state index in [1.807, 2.05) is 0 Å². The predicted molar refractivity (Wildman–Crippen MR) is 106 cm³/mol. The van der Waals surface area contributed by atoms with Crippen LogP contribution in [0.3, 0.4) is 0 Å². The van der Waals surface area contributed by atoms with E-state index in [-0.39, 0.29) is 0 Å². The minimum atomic E-state index is -4.34. The Kier molecular flexibility index (Phi) is 6.63. The van der Waals surface area contributed by atoms with Gasteiger partial charge in [0.25, 0.3) is 0 Å². The van der Waals surface area contributed by atoms with E-state index in [4.69, 9.17) is 12.2 Å². The molecule has 0 saturated carbocycles. The lowest BCUT2D eigenvalue weighted by molar-refractivity contribution is -0.137. The number of hydrogen-bond acceptors (Lipinski definition) is 5. The maximum absolute atomic E-state index is 12.6. The van der Waals surface area contributed by atoms with E-state index in [9.17, 15) is 13.2 Å². The monoisotopic (exact) mass is 410 g/mol. The lowest BCUT2D eigenvalue weighted by Crippen LogP contribution is -2.49. The summed E-state index contributed by atoms with van der Waals surface area (Å²) < 4.78 is 37.7. The fourth-order valence-electron chi connectivity index (χ4n) is 2.87. The Morgan fingerprint density at radius 1 is 1.04 bits per heavy atom. The largest absolute Gasteiger partial charge is 0.416 e. The van der Waals surface area contributed by atoms with E-state index in [0.29, 0.717) is 17.3 Å². The van der Waals surface area contributed by atoms with Gasteiger partial charge in [0.15, 0.2) is 5.11 Å². The van der Waals surface area contributed by atoms with Crippen molar-refractivity contribution in [3.8, 4) is 0 Å². The first-order valence-corrected chi connectivity index (χ1v) is 9.29. The van der Waals surface area contributed by atoms with Gasteiger partial charge in [-0.15, -0.1) is 0 Å². The highest BCUT2D eigenvalue weighted by Crippen LogP contribution is 2.29. The van der Waals surface area contributed by atoms with Crippen LogP contribution in [-0.4, -0.2) is 59.2 Å². The molecule has 150 valence electrons. The molecule has 6 nitrogen and oxygen atoms in total. The van der Waals surface area contributed by atoms with Crippen LogP contribution in [0.2, 0.25) is 0 Å². The zero-order valence-electron chi connectivity index (χ0n) is 15.1. The number of nitrogens with zero attached hydrogens (tertiary/aromatic N) is 4. The average Bonchev–Trinajstić information content (AvgIpc) is 2.69.